The normalized spacial score (nSPS) is 12.1. The molecule has 6 N–H and O–H groups in total. The van der Waals surface area contributed by atoms with Crippen molar-refractivity contribution < 1.29 is 14.4 Å². The summed E-state index contributed by atoms with van der Waals surface area (Å²) in [5.74, 6) is -1.25. The molecule has 0 aromatic rings. The zero-order valence-corrected chi connectivity index (χ0v) is 11.1. The van der Waals surface area contributed by atoms with Crippen LogP contribution in [0, 0.1) is 0 Å². The van der Waals surface area contributed by atoms with Crippen molar-refractivity contribution in [2.75, 3.05) is 34.7 Å². The first-order valence-corrected chi connectivity index (χ1v) is 5.34. The number of guanidine groups is 1. The van der Waals surface area contributed by atoms with Crippen molar-refractivity contribution in [3.05, 3.63) is 0 Å². The number of aliphatic imine (C=N–C) groups is 1. The Balaban J connectivity index is 0. The Morgan fingerprint density at radius 3 is 2.00 bits per heavy atom. The fourth-order valence-electron chi connectivity index (χ4n) is 0.637. The summed E-state index contributed by atoms with van der Waals surface area (Å²) in [6.45, 7) is 0.392. The van der Waals surface area contributed by atoms with E-state index in [4.69, 9.17) is 17.2 Å². The van der Waals surface area contributed by atoms with E-state index in [0.717, 1.165) is 4.48 Å². The monoisotopic (exact) mass is 247 g/mol. The molecule has 0 aromatic carbocycles. The fraction of sp³-hybridized carbons (Fsp3) is 0.800. The second-order valence-corrected chi connectivity index (χ2v) is 5.06. The Kier molecular flexibility index (Phi) is 9.31. The van der Waals surface area contributed by atoms with Crippen molar-refractivity contribution in [2.24, 2.45) is 22.2 Å². The predicted molar refractivity (Wildman–Crippen MR) is 66.8 cm³/mol. The van der Waals surface area contributed by atoms with Crippen LogP contribution in [0.5, 0.6) is 0 Å². The van der Waals surface area contributed by atoms with Gasteiger partial charge in [-0.25, -0.2) is 0 Å². The molecule has 0 saturated heterocycles. The second-order valence-electron chi connectivity index (χ2n) is 5.06. The van der Waals surface area contributed by atoms with Gasteiger partial charge in [0, 0.05) is 12.6 Å². The minimum absolute atomic E-state index is 0.00276. The molecule has 0 aliphatic carbocycles. The van der Waals surface area contributed by atoms with E-state index >= 15 is 0 Å². The molecule has 7 nitrogen and oxygen atoms in total. The van der Waals surface area contributed by atoms with Crippen molar-refractivity contribution >= 4 is 11.9 Å². The van der Waals surface area contributed by atoms with Gasteiger partial charge in [0.1, 0.15) is 0 Å². The van der Waals surface area contributed by atoms with Gasteiger partial charge in [0.25, 0.3) is 0 Å². The maximum atomic E-state index is 10.1. The fourth-order valence-corrected chi connectivity index (χ4v) is 0.637. The SMILES string of the molecule is C[N+](C)(C)C.NC(N)=NCCC[C@H](N)C(=O)[O-]. The number of hydrogen-bond donors (Lipinski definition) is 3. The highest BCUT2D eigenvalue weighted by Gasteiger charge is 2.01. The number of carboxylic acids is 1. The van der Waals surface area contributed by atoms with Crippen molar-refractivity contribution in [3.63, 3.8) is 0 Å². The Hall–Kier alpha value is -1.34. The molecule has 0 rings (SSSR count). The van der Waals surface area contributed by atoms with Crippen LogP contribution in [0.15, 0.2) is 4.99 Å². The predicted octanol–water partition coefficient (Wildman–Crippen LogP) is -2.56. The number of carbonyl (C=O) groups excluding carboxylic acids is 1. The lowest BCUT2D eigenvalue weighted by atomic mass is 10.2. The van der Waals surface area contributed by atoms with Gasteiger partial charge in [0.15, 0.2) is 5.96 Å². The molecule has 1 atom stereocenters. The van der Waals surface area contributed by atoms with Crippen LogP contribution in [-0.2, 0) is 4.79 Å². The van der Waals surface area contributed by atoms with Gasteiger partial charge in [-0.15, -0.1) is 0 Å². The van der Waals surface area contributed by atoms with E-state index in [-0.39, 0.29) is 5.96 Å². The standard InChI is InChI=1S/C6H14N4O2.C4H12N/c7-4(5(11)12)2-1-3-10-6(8)9;1-5(2,3)4/h4H,1-3,7H2,(H,11,12)(H4,8,9,10);1-4H3/q;+1/p-1/t4-;/m0./s1. The third kappa shape index (κ3) is 25.2. The van der Waals surface area contributed by atoms with Gasteiger partial charge in [0.05, 0.1) is 34.2 Å². The molecule has 0 amide bonds. The second kappa shape index (κ2) is 8.77. The molecule has 17 heavy (non-hydrogen) atoms. The number of hydrogen-bond acceptors (Lipinski definition) is 4. The highest BCUT2D eigenvalue weighted by Crippen LogP contribution is 1.93. The number of rotatable bonds is 5. The van der Waals surface area contributed by atoms with E-state index in [1.54, 1.807) is 0 Å². The molecule has 0 aromatic heterocycles. The third-order valence-corrected chi connectivity index (χ3v) is 1.27. The van der Waals surface area contributed by atoms with E-state index in [1.165, 1.54) is 0 Å². The molecule has 0 radical (unpaired) electrons. The van der Waals surface area contributed by atoms with Crippen LogP contribution >= 0.6 is 0 Å². The van der Waals surface area contributed by atoms with E-state index in [2.05, 4.69) is 33.2 Å². The lowest BCUT2D eigenvalue weighted by Crippen LogP contribution is -2.41. The van der Waals surface area contributed by atoms with Gasteiger partial charge in [-0.05, 0) is 12.8 Å². The van der Waals surface area contributed by atoms with Gasteiger partial charge in [-0.2, -0.15) is 0 Å². The molecule has 102 valence electrons. The number of carbonyl (C=O) groups is 1. The number of nitrogens with zero attached hydrogens (tertiary/aromatic N) is 2. The number of aliphatic carboxylic acids is 1. The summed E-state index contributed by atoms with van der Waals surface area (Å²) in [6, 6.07) is -0.931. The zero-order valence-electron chi connectivity index (χ0n) is 11.1. The lowest BCUT2D eigenvalue weighted by Gasteiger charge is -2.14. The molecule has 0 aliphatic heterocycles. The van der Waals surface area contributed by atoms with E-state index in [1.807, 2.05) is 0 Å². The first kappa shape index (κ1) is 18.0. The summed E-state index contributed by atoms with van der Waals surface area (Å²) >= 11 is 0. The van der Waals surface area contributed by atoms with Crippen LogP contribution < -0.4 is 22.3 Å². The summed E-state index contributed by atoms with van der Waals surface area (Å²) in [6.07, 6.45) is 0.853. The van der Waals surface area contributed by atoms with Crippen LogP contribution in [0.2, 0.25) is 0 Å². The quantitative estimate of drug-likeness (QED) is 0.213. The largest absolute Gasteiger partial charge is 0.548 e. The molecule has 0 unspecified atom stereocenters. The van der Waals surface area contributed by atoms with Crippen LogP contribution in [0.1, 0.15) is 12.8 Å². The number of nitrogens with two attached hydrogens (primary N) is 3. The van der Waals surface area contributed by atoms with Gasteiger partial charge in [-0.3, -0.25) is 4.99 Å². The van der Waals surface area contributed by atoms with Crippen LogP contribution in [-0.4, -0.2) is 57.2 Å². The smallest absolute Gasteiger partial charge is 0.185 e. The van der Waals surface area contributed by atoms with Crippen LogP contribution in [0.4, 0.5) is 0 Å². The molecule has 0 heterocycles. The van der Waals surface area contributed by atoms with Crippen molar-refractivity contribution in [3.8, 4) is 0 Å². The molecular weight excluding hydrogens is 222 g/mol. The van der Waals surface area contributed by atoms with Gasteiger partial charge >= 0.3 is 0 Å². The van der Waals surface area contributed by atoms with Crippen LogP contribution in [0.3, 0.4) is 0 Å². The molecule has 0 aliphatic rings. The summed E-state index contributed by atoms with van der Waals surface area (Å²) in [4.78, 5) is 13.8. The molecule has 0 bridgehead atoms. The summed E-state index contributed by atoms with van der Waals surface area (Å²) in [5.41, 5.74) is 15.2. The van der Waals surface area contributed by atoms with Gasteiger partial charge in [0.2, 0.25) is 0 Å². The zero-order chi connectivity index (χ0) is 14.1. The first-order chi connectivity index (χ1) is 7.54. The average molecular weight is 247 g/mol. The molecule has 7 heteroatoms. The maximum Gasteiger partial charge on any atom is 0.185 e. The molecule has 0 spiro atoms. The summed E-state index contributed by atoms with van der Waals surface area (Å²) in [7, 11) is 8.50. The number of carboxylic acid groups (broad SMARTS) is 1. The number of quaternary nitrogens is 1. The summed E-state index contributed by atoms with van der Waals surface area (Å²) < 4.78 is 1.00. The Morgan fingerprint density at radius 1 is 1.29 bits per heavy atom. The van der Waals surface area contributed by atoms with Gasteiger partial charge < -0.3 is 31.6 Å². The van der Waals surface area contributed by atoms with Crippen molar-refractivity contribution in [2.45, 2.75) is 18.9 Å². The molecule has 0 fully saturated rings. The first-order valence-electron chi connectivity index (χ1n) is 5.34. The van der Waals surface area contributed by atoms with Crippen molar-refractivity contribution in [1.29, 1.82) is 0 Å². The Bertz CT molecular complexity index is 238. The summed E-state index contributed by atoms with van der Waals surface area (Å²) in [5, 5.41) is 10.1. The minimum atomic E-state index is -1.25. The van der Waals surface area contributed by atoms with E-state index in [0.29, 0.717) is 19.4 Å². The highest BCUT2D eigenvalue weighted by molar-refractivity contribution is 5.75. The van der Waals surface area contributed by atoms with Gasteiger partial charge in [-0.1, -0.05) is 0 Å². The molecule has 0 saturated carbocycles. The Morgan fingerprint density at radius 2 is 1.71 bits per heavy atom. The maximum absolute atomic E-state index is 10.1. The van der Waals surface area contributed by atoms with Crippen molar-refractivity contribution in [1.82, 2.24) is 0 Å². The van der Waals surface area contributed by atoms with Crippen LogP contribution in [0.25, 0.3) is 0 Å². The average Bonchev–Trinajstić information content (AvgIpc) is 2.08. The third-order valence-electron chi connectivity index (χ3n) is 1.27. The van der Waals surface area contributed by atoms with E-state index in [9.17, 15) is 9.90 Å². The topological polar surface area (TPSA) is 131 Å². The lowest BCUT2D eigenvalue weighted by molar-refractivity contribution is -0.849. The van der Waals surface area contributed by atoms with E-state index < -0.39 is 12.0 Å². The minimum Gasteiger partial charge on any atom is -0.548 e. The Labute approximate surface area is 103 Å². The highest BCUT2D eigenvalue weighted by atomic mass is 16.4. The molecular formula is C10H25N5O2.